The Morgan fingerprint density at radius 2 is 2.17 bits per heavy atom. The van der Waals surface area contributed by atoms with E-state index in [0.717, 1.165) is 6.42 Å². The van der Waals surface area contributed by atoms with Crippen LogP contribution in [-0.2, 0) is 9.47 Å². The van der Waals surface area contributed by atoms with E-state index in [2.05, 4.69) is 6.92 Å². The number of ether oxygens (including phenoxy) is 2. The summed E-state index contributed by atoms with van der Waals surface area (Å²) in [6, 6.07) is 0. The highest BCUT2D eigenvalue weighted by Crippen LogP contribution is 2.27. The van der Waals surface area contributed by atoms with Crippen LogP contribution in [0, 0.1) is 5.92 Å². The van der Waals surface area contributed by atoms with Crippen molar-refractivity contribution in [2.75, 3.05) is 13.2 Å². The molecule has 0 bridgehead atoms. The van der Waals surface area contributed by atoms with Gasteiger partial charge in [-0.3, -0.25) is 0 Å². The standard InChI is InChI=1S/C9H18O3/c1-4-8-7(5-10)6-11-9(2,3)12-8/h7-8,10H,4-6H2,1-3H3. The molecule has 0 aliphatic carbocycles. The van der Waals surface area contributed by atoms with Gasteiger partial charge in [0.05, 0.1) is 19.3 Å². The highest BCUT2D eigenvalue weighted by atomic mass is 16.7. The van der Waals surface area contributed by atoms with Crippen molar-refractivity contribution in [1.29, 1.82) is 0 Å². The number of aliphatic hydroxyl groups is 1. The minimum atomic E-state index is -0.480. The van der Waals surface area contributed by atoms with Crippen LogP contribution in [0.3, 0.4) is 0 Å². The third-order valence-electron chi connectivity index (χ3n) is 2.24. The van der Waals surface area contributed by atoms with Gasteiger partial charge in [0.2, 0.25) is 0 Å². The quantitative estimate of drug-likeness (QED) is 0.682. The summed E-state index contributed by atoms with van der Waals surface area (Å²) in [5.41, 5.74) is 0. The van der Waals surface area contributed by atoms with E-state index in [1.54, 1.807) is 0 Å². The third-order valence-corrected chi connectivity index (χ3v) is 2.24. The van der Waals surface area contributed by atoms with Crippen molar-refractivity contribution in [2.45, 2.75) is 39.1 Å². The molecule has 3 heteroatoms. The summed E-state index contributed by atoms with van der Waals surface area (Å²) >= 11 is 0. The van der Waals surface area contributed by atoms with E-state index >= 15 is 0 Å². The van der Waals surface area contributed by atoms with E-state index in [4.69, 9.17) is 14.6 Å². The average Bonchev–Trinajstić information content (AvgIpc) is 2.03. The zero-order valence-corrected chi connectivity index (χ0v) is 8.04. The van der Waals surface area contributed by atoms with Crippen molar-refractivity contribution in [2.24, 2.45) is 5.92 Å². The summed E-state index contributed by atoms with van der Waals surface area (Å²) < 4.78 is 11.1. The molecule has 0 aromatic rings. The molecular formula is C9H18O3. The SMILES string of the molecule is CCC1OC(C)(C)OCC1CO. The second-order valence-corrected chi connectivity index (χ2v) is 3.72. The molecule has 1 N–H and O–H groups in total. The van der Waals surface area contributed by atoms with Crippen LogP contribution in [0.4, 0.5) is 0 Å². The normalized spacial score (nSPS) is 35.0. The Morgan fingerprint density at radius 1 is 1.50 bits per heavy atom. The van der Waals surface area contributed by atoms with Crippen molar-refractivity contribution in [3.05, 3.63) is 0 Å². The van der Waals surface area contributed by atoms with E-state index in [1.807, 2.05) is 13.8 Å². The summed E-state index contributed by atoms with van der Waals surface area (Å²) in [5, 5.41) is 9.00. The zero-order chi connectivity index (χ0) is 9.19. The second kappa shape index (κ2) is 3.73. The van der Waals surface area contributed by atoms with Gasteiger partial charge in [0.25, 0.3) is 0 Å². The van der Waals surface area contributed by atoms with Crippen LogP contribution in [0.1, 0.15) is 27.2 Å². The smallest absolute Gasteiger partial charge is 0.163 e. The molecule has 1 heterocycles. The van der Waals surface area contributed by atoms with Crippen molar-refractivity contribution in [1.82, 2.24) is 0 Å². The maximum absolute atomic E-state index is 9.00. The number of aliphatic hydroxyl groups excluding tert-OH is 1. The van der Waals surface area contributed by atoms with Crippen LogP contribution in [0.15, 0.2) is 0 Å². The first-order chi connectivity index (χ1) is 5.59. The van der Waals surface area contributed by atoms with Gasteiger partial charge in [0, 0.05) is 5.92 Å². The summed E-state index contributed by atoms with van der Waals surface area (Å²) in [6.07, 6.45) is 1.07. The zero-order valence-electron chi connectivity index (χ0n) is 8.04. The van der Waals surface area contributed by atoms with E-state index < -0.39 is 5.79 Å². The van der Waals surface area contributed by atoms with E-state index in [-0.39, 0.29) is 18.6 Å². The van der Waals surface area contributed by atoms with Crippen molar-refractivity contribution in [3.63, 3.8) is 0 Å². The highest BCUT2D eigenvalue weighted by molar-refractivity contribution is 4.75. The van der Waals surface area contributed by atoms with Gasteiger partial charge in [0.15, 0.2) is 5.79 Å². The largest absolute Gasteiger partial charge is 0.396 e. The maximum atomic E-state index is 9.00. The molecule has 2 atom stereocenters. The fourth-order valence-corrected chi connectivity index (χ4v) is 1.50. The van der Waals surface area contributed by atoms with Gasteiger partial charge < -0.3 is 14.6 Å². The lowest BCUT2D eigenvalue weighted by Gasteiger charge is -2.40. The monoisotopic (exact) mass is 174 g/mol. The molecule has 72 valence electrons. The van der Waals surface area contributed by atoms with E-state index in [0.29, 0.717) is 6.61 Å². The van der Waals surface area contributed by atoms with Crippen molar-refractivity contribution >= 4 is 0 Å². The topological polar surface area (TPSA) is 38.7 Å². The van der Waals surface area contributed by atoms with Crippen LogP contribution in [-0.4, -0.2) is 30.2 Å². The Bertz CT molecular complexity index is 145. The molecular weight excluding hydrogens is 156 g/mol. The molecule has 3 nitrogen and oxygen atoms in total. The van der Waals surface area contributed by atoms with Gasteiger partial charge in [-0.25, -0.2) is 0 Å². The van der Waals surface area contributed by atoms with E-state index in [1.165, 1.54) is 0 Å². The molecule has 1 aliphatic heterocycles. The lowest BCUT2D eigenvalue weighted by Crippen LogP contribution is -2.46. The number of hydrogen-bond donors (Lipinski definition) is 1. The minimum Gasteiger partial charge on any atom is -0.396 e. The Hall–Kier alpha value is -0.120. The minimum absolute atomic E-state index is 0.138. The first-order valence-electron chi connectivity index (χ1n) is 4.51. The van der Waals surface area contributed by atoms with Crippen LogP contribution in [0.5, 0.6) is 0 Å². The Balaban J connectivity index is 2.53. The van der Waals surface area contributed by atoms with Crippen LogP contribution in [0.2, 0.25) is 0 Å². The van der Waals surface area contributed by atoms with Gasteiger partial charge in [-0.1, -0.05) is 6.92 Å². The lowest BCUT2D eigenvalue weighted by atomic mass is 10.0. The van der Waals surface area contributed by atoms with Gasteiger partial charge in [-0.05, 0) is 20.3 Å². The summed E-state index contributed by atoms with van der Waals surface area (Å²) in [7, 11) is 0. The molecule has 0 aromatic heterocycles. The molecule has 1 saturated heterocycles. The third kappa shape index (κ3) is 2.19. The van der Waals surface area contributed by atoms with Gasteiger partial charge in [-0.15, -0.1) is 0 Å². The van der Waals surface area contributed by atoms with Gasteiger partial charge in [-0.2, -0.15) is 0 Å². The molecule has 1 fully saturated rings. The molecule has 0 aromatic carbocycles. The molecule has 1 rings (SSSR count). The molecule has 0 amide bonds. The second-order valence-electron chi connectivity index (χ2n) is 3.72. The molecule has 0 spiro atoms. The molecule has 12 heavy (non-hydrogen) atoms. The summed E-state index contributed by atoms with van der Waals surface area (Å²) in [6.45, 7) is 6.62. The van der Waals surface area contributed by atoms with E-state index in [9.17, 15) is 0 Å². The first kappa shape index (κ1) is 9.96. The Labute approximate surface area is 73.7 Å². The summed E-state index contributed by atoms with van der Waals surface area (Å²) in [5.74, 6) is -0.338. The Kier molecular flexibility index (Phi) is 3.09. The highest BCUT2D eigenvalue weighted by Gasteiger charge is 2.34. The van der Waals surface area contributed by atoms with Crippen LogP contribution in [0.25, 0.3) is 0 Å². The number of rotatable bonds is 2. The predicted molar refractivity (Wildman–Crippen MR) is 45.8 cm³/mol. The molecule has 0 saturated carbocycles. The fourth-order valence-electron chi connectivity index (χ4n) is 1.50. The van der Waals surface area contributed by atoms with Crippen LogP contribution >= 0.6 is 0 Å². The van der Waals surface area contributed by atoms with Crippen LogP contribution < -0.4 is 0 Å². The van der Waals surface area contributed by atoms with Gasteiger partial charge >= 0.3 is 0 Å². The van der Waals surface area contributed by atoms with Crippen molar-refractivity contribution < 1.29 is 14.6 Å². The summed E-state index contributed by atoms with van der Waals surface area (Å²) in [4.78, 5) is 0. The van der Waals surface area contributed by atoms with Crippen molar-refractivity contribution in [3.8, 4) is 0 Å². The Morgan fingerprint density at radius 3 is 2.67 bits per heavy atom. The fraction of sp³-hybridized carbons (Fsp3) is 1.00. The van der Waals surface area contributed by atoms with Gasteiger partial charge in [0.1, 0.15) is 0 Å². The maximum Gasteiger partial charge on any atom is 0.163 e. The molecule has 1 aliphatic rings. The average molecular weight is 174 g/mol. The first-order valence-corrected chi connectivity index (χ1v) is 4.51. The molecule has 2 unspecified atom stereocenters. The molecule has 0 radical (unpaired) electrons. The number of hydrogen-bond acceptors (Lipinski definition) is 3. The predicted octanol–water partition coefficient (Wildman–Crippen LogP) is 1.16. The lowest BCUT2D eigenvalue weighted by molar-refractivity contribution is -0.296.